The van der Waals surface area contributed by atoms with Gasteiger partial charge in [0.05, 0.1) is 11.6 Å². The summed E-state index contributed by atoms with van der Waals surface area (Å²) in [5, 5.41) is 1.28. The Balaban J connectivity index is 2.97. The first-order valence-electron chi connectivity index (χ1n) is 5.36. The zero-order chi connectivity index (χ0) is 13.1. The quantitative estimate of drug-likeness (QED) is 0.641. The van der Waals surface area contributed by atoms with E-state index < -0.39 is 0 Å². The van der Waals surface area contributed by atoms with Crippen LogP contribution in [0.15, 0.2) is 18.2 Å². The molecule has 1 aromatic rings. The predicted molar refractivity (Wildman–Crippen MR) is 72.2 cm³/mol. The van der Waals surface area contributed by atoms with Gasteiger partial charge in [0.1, 0.15) is 0 Å². The molecule has 0 heterocycles. The fourth-order valence-corrected chi connectivity index (χ4v) is 2.05. The Morgan fingerprint density at radius 3 is 2.59 bits per heavy atom. The van der Waals surface area contributed by atoms with Crippen molar-refractivity contribution in [1.82, 2.24) is 5.43 Å². The molecule has 1 unspecified atom stereocenters. The van der Waals surface area contributed by atoms with Gasteiger partial charge in [-0.1, -0.05) is 23.2 Å². The molecule has 0 amide bonds. The van der Waals surface area contributed by atoms with Crippen molar-refractivity contribution in [3.05, 3.63) is 33.8 Å². The molecule has 0 bridgehead atoms. The largest absolute Gasteiger partial charge is 0.379 e. The van der Waals surface area contributed by atoms with E-state index in [2.05, 4.69) is 5.43 Å². The van der Waals surface area contributed by atoms with Crippen molar-refractivity contribution in [3.8, 4) is 0 Å². The van der Waals surface area contributed by atoms with Crippen molar-refractivity contribution in [3.63, 3.8) is 0 Å². The highest BCUT2D eigenvalue weighted by molar-refractivity contribution is 6.33. The Hall–Kier alpha value is -0.320. The van der Waals surface area contributed by atoms with Gasteiger partial charge < -0.3 is 4.74 Å². The zero-order valence-electron chi connectivity index (χ0n) is 10.3. The van der Waals surface area contributed by atoms with E-state index in [0.717, 1.165) is 5.56 Å². The predicted octanol–water partition coefficient (Wildman–Crippen LogP) is 3.31. The van der Waals surface area contributed by atoms with E-state index in [0.29, 0.717) is 16.5 Å². The minimum Gasteiger partial charge on any atom is -0.379 e. The van der Waals surface area contributed by atoms with Crippen LogP contribution in [-0.4, -0.2) is 12.7 Å². The van der Waals surface area contributed by atoms with Crippen molar-refractivity contribution < 1.29 is 4.74 Å². The molecule has 0 spiro atoms. The molecule has 0 aliphatic heterocycles. The molecule has 96 valence electrons. The third-order valence-electron chi connectivity index (χ3n) is 2.78. The molecular formula is C12H18Cl2N2O. The zero-order valence-corrected chi connectivity index (χ0v) is 11.8. The van der Waals surface area contributed by atoms with Crippen LogP contribution in [0.1, 0.15) is 31.9 Å². The molecule has 0 fully saturated rings. The fourth-order valence-electron chi connectivity index (χ4n) is 1.62. The summed E-state index contributed by atoms with van der Waals surface area (Å²) in [5.74, 6) is 5.58. The van der Waals surface area contributed by atoms with Crippen LogP contribution in [-0.2, 0) is 4.74 Å². The van der Waals surface area contributed by atoms with Gasteiger partial charge in [-0.25, -0.2) is 0 Å². The molecule has 1 rings (SSSR count). The number of hydrazine groups is 1. The maximum absolute atomic E-state index is 6.15. The van der Waals surface area contributed by atoms with Gasteiger partial charge in [-0.2, -0.15) is 0 Å². The normalized spacial score (nSPS) is 13.8. The van der Waals surface area contributed by atoms with Crippen molar-refractivity contribution >= 4 is 23.2 Å². The number of hydrogen-bond acceptors (Lipinski definition) is 3. The van der Waals surface area contributed by atoms with Crippen LogP contribution in [0.4, 0.5) is 0 Å². The van der Waals surface area contributed by atoms with E-state index in [4.69, 9.17) is 33.8 Å². The first kappa shape index (κ1) is 14.7. The number of nitrogens with one attached hydrogen (secondary N) is 1. The molecule has 0 saturated carbocycles. The van der Waals surface area contributed by atoms with Gasteiger partial charge >= 0.3 is 0 Å². The molecule has 0 aromatic heterocycles. The molecule has 17 heavy (non-hydrogen) atoms. The summed E-state index contributed by atoms with van der Waals surface area (Å²) in [6.07, 6.45) is 0.695. The van der Waals surface area contributed by atoms with E-state index in [9.17, 15) is 0 Å². The van der Waals surface area contributed by atoms with E-state index >= 15 is 0 Å². The number of rotatable bonds is 5. The fraction of sp³-hybridized carbons (Fsp3) is 0.500. The monoisotopic (exact) mass is 276 g/mol. The highest BCUT2D eigenvalue weighted by Gasteiger charge is 2.24. The summed E-state index contributed by atoms with van der Waals surface area (Å²) in [6, 6.07) is 5.24. The van der Waals surface area contributed by atoms with Gasteiger partial charge in [0.2, 0.25) is 0 Å². The van der Waals surface area contributed by atoms with Crippen LogP contribution in [0.2, 0.25) is 10.0 Å². The molecule has 0 aliphatic carbocycles. The standard InChI is InChI=1S/C12H18Cl2N2O/c1-12(2,17-3)7-11(16-15)9-6-8(13)4-5-10(9)14/h4-6,11,16H,7,15H2,1-3H3. The lowest BCUT2D eigenvalue weighted by Crippen LogP contribution is -2.35. The smallest absolute Gasteiger partial charge is 0.0641 e. The summed E-state index contributed by atoms with van der Waals surface area (Å²) in [7, 11) is 1.67. The Morgan fingerprint density at radius 1 is 1.41 bits per heavy atom. The van der Waals surface area contributed by atoms with Gasteiger partial charge in [0, 0.05) is 17.2 Å². The van der Waals surface area contributed by atoms with Crippen LogP contribution >= 0.6 is 23.2 Å². The van der Waals surface area contributed by atoms with Crippen molar-refractivity contribution in [2.24, 2.45) is 5.84 Å². The Labute approximate surface area is 112 Å². The summed E-state index contributed by atoms with van der Waals surface area (Å²) >= 11 is 12.1. The van der Waals surface area contributed by atoms with Crippen molar-refractivity contribution in [1.29, 1.82) is 0 Å². The highest BCUT2D eigenvalue weighted by atomic mass is 35.5. The summed E-state index contributed by atoms with van der Waals surface area (Å²) < 4.78 is 5.39. The molecule has 1 atom stereocenters. The second-order valence-electron chi connectivity index (χ2n) is 4.55. The second kappa shape index (κ2) is 6.03. The average molecular weight is 277 g/mol. The lowest BCUT2D eigenvalue weighted by Gasteiger charge is -2.28. The summed E-state index contributed by atoms with van der Waals surface area (Å²) in [4.78, 5) is 0. The molecule has 5 heteroatoms. The lowest BCUT2D eigenvalue weighted by atomic mass is 9.94. The minimum atomic E-state index is -0.289. The van der Waals surface area contributed by atoms with Gasteiger partial charge in [0.25, 0.3) is 0 Å². The molecule has 0 aliphatic rings. The van der Waals surface area contributed by atoms with Gasteiger partial charge in [-0.15, -0.1) is 0 Å². The van der Waals surface area contributed by atoms with Crippen molar-refractivity contribution in [2.45, 2.75) is 31.9 Å². The number of methoxy groups -OCH3 is 1. The van der Waals surface area contributed by atoms with E-state index in [1.165, 1.54) is 0 Å². The molecular weight excluding hydrogens is 259 g/mol. The van der Waals surface area contributed by atoms with Gasteiger partial charge in [-0.3, -0.25) is 11.3 Å². The first-order chi connectivity index (χ1) is 7.89. The maximum atomic E-state index is 6.15. The van der Waals surface area contributed by atoms with Gasteiger partial charge in [-0.05, 0) is 44.0 Å². The topological polar surface area (TPSA) is 47.3 Å². The molecule has 0 radical (unpaired) electrons. The van der Waals surface area contributed by atoms with Crippen LogP contribution < -0.4 is 11.3 Å². The Morgan fingerprint density at radius 2 is 2.06 bits per heavy atom. The molecule has 0 saturated heterocycles. The molecule has 1 aromatic carbocycles. The molecule has 3 nitrogen and oxygen atoms in total. The number of nitrogens with two attached hydrogens (primary N) is 1. The van der Waals surface area contributed by atoms with Crippen molar-refractivity contribution in [2.75, 3.05) is 7.11 Å². The highest BCUT2D eigenvalue weighted by Crippen LogP contribution is 2.31. The maximum Gasteiger partial charge on any atom is 0.0641 e. The van der Waals surface area contributed by atoms with E-state index in [1.54, 1.807) is 19.2 Å². The van der Waals surface area contributed by atoms with Crippen LogP contribution in [0.3, 0.4) is 0 Å². The van der Waals surface area contributed by atoms with Crippen LogP contribution in [0.25, 0.3) is 0 Å². The average Bonchev–Trinajstić information content (AvgIpc) is 2.29. The third-order valence-corrected chi connectivity index (χ3v) is 3.36. The van der Waals surface area contributed by atoms with E-state index in [-0.39, 0.29) is 11.6 Å². The lowest BCUT2D eigenvalue weighted by molar-refractivity contribution is 0.00682. The SMILES string of the molecule is COC(C)(C)CC(NN)c1cc(Cl)ccc1Cl. The first-order valence-corrected chi connectivity index (χ1v) is 6.11. The Kier molecular flexibility index (Phi) is 5.22. The number of halogens is 2. The van der Waals surface area contributed by atoms with Crippen LogP contribution in [0, 0.1) is 0 Å². The second-order valence-corrected chi connectivity index (χ2v) is 5.40. The summed E-state index contributed by atoms with van der Waals surface area (Å²) in [6.45, 7) is 3.99. The van der Waals surface area contributed by atoms with Crippen LogP contribution in [0.5, 0.6) is 0 Å². The number of hydrogen-bond donors (Lipinski definition) is 2. The molecule has 3 N–H and O–H groups in total. The van der Waals surface area contributed by atoms with E-state index in [1.807, 2.05) is 19.9 Å². The minimum absolute atomic E-state index is 0.101. The summed E-state index contributed by atoms with van der Waals surface area (Å²) in [5.41, 5.74) is 3.35. The third kappa shape index (κ3) is 4.12. The van der Waals surface area contributed by atoms with Gasteiger partial charge in [0.15, 0.2) is 0 Å². The Bertz CT molecular complexity index is 383. The number of benzene rings is 1. The number of ether oxygens (including phenoxy) is 1.